The monoisotopic (exact) mass is 208 g/mol. The first-order chi connectivity index (χ1) is 6.88. The van der Waals surface area contributed by atoms with Crippen LogP contribution in [0.5, 0.6) is 5.75 Å². The van der Waals surface area contributed by atoms with Gasteiger partial charge >= 0.3 is 0 Å². The first-order valence-corrected chi connectivity index (χ1v) is 5.35. The van der Waals surface area contributed by atoms with E-state index < -0.39 is 5.60 Å². The van der Waals surface area contributed by atoms with Gasteiger partial charge in [0.2, 0.25) is 0 Å². The third kappa shape index (κ3) is 4.34. The van der Waals surface area contributed by atoms with E-state index in [1.54, 1.807) is 13.8 Å². The minimum Gasteiger partial charge on any atom is -0.491 e. The molecule has 0 fully saturated rings. The molecule has 0 aliphatic carbocycles. The van der Waals surface area contributed by atoms with Gasteiger partial charge in [0.1, 0.15) is 5.75 Å². The first kappa shape index (κ1) is 12.1. The Morgan fingerprint density at radius 1 is 1.27 bits per heavy atom. The summed E-state index contributed by atoms with van der Waals surface area (Å²) in [5.74, 6) is 0.870. The zero-order chi connectivity index (χ0) is 11.5. The molecule has 84 valence electrons. The van der Waals surface area contributed by atoms with E-state index in [4.69, 9.17) is 4.74 Å². The number of benzene rings is 1. The van der Waals surface area contributed by atoms with Crippen LogP contribution in [0.4, 0.5) is 0 Å². The van der Waals surface area contributed by atoms with Gasteiger partial charge in [-0.05, 0) is 39.3 Å². The quantitative estimate of drug-likeness (QED) is 0.824. The topological polar surface area (TPSA) is 29.5 Å². The molecule has 1 N–H and O–H groups in total. The fourth-order valence-electron chi connectivity index (χ4n) is 1.48. The number of rotatable bonds is 4. The van der Waals surface area contributed by atoms with Crippen LogP contribution in [0, 0.1) is 0 Å². The Morgan fingerprint density at radius 2 is 1.87 bits per heavy atom. The second-order valence-corrected chi connectivity index (χ2v) is 4.76. The third-order valence-electron chi connectivity index (χ3n) is 1.96. The van der Waals surface area contributed by atoms with Crippen molar-refractivity contribution in [2.75, 3.05) is 0 Å². The van der Waals surface area contributed by atoms with Gasteiger partial charge in [-0.3, -0.25) is 0 Å². The van der Waals surface area contributed by atoms with Crippen molar-refractivity contribution in [3.63, 3.8) is 0 Å². The van der Waals surface area contributed by atoms with Crippen molar-refractivity contribution in [2.45, 2.75) is 45.8 Å². The van der Waals surface area contributed by atoms with Crippen molar-refractivity contribution in [3.05, 3.63) is 29.8 Å². The summed E-state index contributed by atoms with van der Waals surface area (Å²) in [7, 11) is 0. The fraction of sp³-hybridized carbons (Fsp3) is 0.538. The normalized spacial score (nSPS) is 11.9. The molecule has 2 nitrogen and oxygen atoms in total. The molecule has 1 aromatic carbocycles. The number of para-hydroxylation sites is 1. The van der Waals surface area contributed by atoms with Crippen LogP contribution in [-0.4, -0.2) is 16.8 Å². The van der Waals surface area contributed by atoms with Crippen LogP contribution >= 0.6 is 0 Å². The maximum absolute atomic E-state index is 9.77. The van der Waals surface area contributed by atoms with Gasteiger partial charge in [-0.25, -0.2) is 0 Å². The molecular weight excluding hydrogens is 188 g/mol. The van der Waals surface area contributed by atoms with Crippen molar-refractivity contribution < 1.29 is 9.84 Å². The highest BCUT2D eigenvalue weighted by molar-refractivity contribution is 5.34. The van der Waals surface area contributed by atoms with E-state index in [1.807, 2.05) is 38.1 Å². The number of aliphatic hydroxyl groups is 1. The van der Waals surface area contributed by atoms with Gasteiger partial charge < -0.3 is 9.84 Å². The van der Waals surface area contributed by atoms with Crippen LogP contribution in [-0.2, 0) is 6.42 Å². The smallest absolute Gasteiger partial charge is 0.122 e. The van der Waals surface area contributed by atoms with Crippen LogP contribution in [0.25, 0.3) is 0 Å². The molecule has 0 atom stereocenters. The summed E-state index contributed by atoms with van der Waals surface area (Å²) < 4.78 is 5.68. The van der Waals surface area contributed by atoms with Gasteiger partial charge in [0.25, 0.3) is 0 Å². The van der Waals surface area contributed by atoms with E-state index in [1.165, 1.54) is 0 Å². The molecule has 0 saturated carbocycles. The Hall–Kier alpha value is -1.02. The lowest BCUT2D eigenvalue weighted by Crippen LogP contribution is -2.22. The van der Waals surface area contributed by atoms with E-state index in [9.17, 15) is 5.11 Å². The van der Waals surface area contributed by atoms with Crippen molar-refractivity contribution in [1.29, 1.82) is 0 Å². The van der Waals surface area contributed by atoms with Crippen LogP contribution in [0.3, 0.4) is 0 Å². The molecule has 1 rings (SSSR count). The molecule has 1 aromatic rings. The summed E-state index contributed by atoms with van der Waals surface area (Å²) in [6.07, 6.45) is 0.767. The lowest BCUT2D eigenvalue weighted by molar-refractivity contribution is 0.0796. The average Bonchev–Trinajstić information content (AvgIpc) is 2.05. The predicted octanol–water partition coefficient (Wildman–Crippen LogP) is 2.79. The molecule has 0 unspecified atom stereocenters. The lowest BCUT2D eigenvalue weighted by Gasteiger charge is -2.20. The van der Waals surface area contributed by atoms with E-state index >= 15 is 0 Å². The van der Waals surface area contributed by atoms with Gasteiger partial charge in [0.05, 0.1) is 11.7 Å². The largest absolute Gasteiger partial charge is 0.491 e. The van der Waals surface area contributed by atoms with Crippen LogP contribution in [0.1, 0.15) is 33.3 Å². The molecule has 0 saturated heterocycles. The van der Waals surface area contributed by atoms with Crippen molar-refractivity contribution >= 4 is 0 Å². The highest BCUT2D eigenvalue weighted by atomic mass is 16.5. The van der Waals surface area contributed by atoms with E-state index in [-0.39, 0.29) is 6.10 Å². The predicted molar refractivity (Wildman–Crippen MR) is 62.2 cm³/mol. The minimum atomic E-state index is -0.698. The van der Waals surface area contributed by atoms with Gasteiger partial charge in [0.15, 0.2) is 0 Å². The molecule has 0 aliphatic rings. The zero-order valence-electron chi connectivity index (χ0n) is 9.95. The van der Waals surface area contributed by atoms with Gasteiger partial charge in [0, 0.05) is 6.42 Å². The highest BCUT2D eigenvalue weighted by Crippen LogP contribution is 2.23. The van der Waals surface area contributed by atoms with Crippen LogP contribution in [0.15, 0.2) is 24.3 Å². The molecule has 0 aromatic heterocycles. The maximum Gasteiger partial charge on any atom is 0.122 e. The standard InChI is InChI=1S/C13H20O2/c1-10(2)15-12-8-6-5-7-11(12)9-13(3,4)14/h5-8,10,14H,9H2,1-4H3. The van der Waals surface area contributed by atoms with Crippen molar-refractivity contribution in [2.24, 2.45) is 0 Å². The summed E-state index contributed by atoms with van der Waals surface area (Å²) in [4.78, 5) is 0. The van der Waals surface area contributed by atoms with Gasteiger partial charge in [-0.15, -0.1) is 0 Å². The molecule has 2 heteroatoms. The number of ether oxygens (including phenoxy) is 1. The fourth-order valence-corrected chi connectivity index (χ4v) is 1.48. The molecule has 0 bridgehead atoms. The first-order valence-electron chi connectivity index (χ1n) is 5.35. The van der Waals surface area contributed by atoms with Crippen LogP contribution < -0.4 is 4.74 Å². The molecule has 0 amide bonds. The molecule has 15 heavy (non-hydrogen) atoms. The summed E-state index contributed by atoms with van der Waals surface area (Å²) in [6, 6.07) is 7.86. The number of hydrogen-bond donors (Lipinski definition) is 1. The Morgan fingerprint density at radius 3 is 2.40 bits per heavy atom. The van der Waals surface area contributed by atoms with E-state index in [0.717, 1.165) is 11.3 Å². The third-order valence-corrected chi connectivity index (χ3v) is 1.96. The van der Waals surface area contributed by atoms with Crippen molar-refractivity contribution in [1.82, 2.24) is 0 Å². The summed E-state index contributed by atoms with van der Waals surface area (Å²) >= 11 is 0. The van der Waals surface area contributed by atoms with Gasteiger partial charge in [-0.1, -0.05) is 18.2 Å². The molecule has 0 radical (unpaired) electrons. The molecular formula is C13H20O2. The van der Waals surface area contributed by atoms with E-state index in [0.29, 0.717) is 6.42 Å². The molecule has 0 heterocycles. The maximum atomic E-state index is 9.77. The Bertz CT molecular complexity index is 311. The minimum absolute atomic E-state index is 0.160. The van der Waals surface area contributed by atoms with Gasteiger partial charge in [-0.2, -0.15) is 0 Å². The van der Waals surface area contributed by atoms with E-state index in [2.05, 4.69) is 0 Å². The SMILES string of the molecule is CC(C)Oc1ccccc1CC(C)(C)O. The summed E-state index contributed by atoms with van der Waals surface area (Å²) in [5, 5.41) is 9.77. The Labute approximate surface area is 91.9 Å². The van der Waals surface area contributed by atoms with Crippen LogP contribution in [0.2, 0.25) is 0 Å². The zero-order valence-corrected chi connectivity index (χ0v) is 9.95. The molecule has 0 spiro atoms. The summed E-state index contributed by atoms with van der Waals surface area (Å²) in [5.41, 5.74) is 0.356. The lowest BCUT2D eigenvalue weighted by atomic mass is 9.98. The Kier molecular flexibility index (Phi) is 3.75. The average molecular weight is 208 g/mol. The summed E-state index contributed by atoms with van der Waals surface area (Å²) in [6.45, 7) is 7.61. The highest BCUT2D eigenvalue weighted by Gasteiger charge is 2.16. The number of hydrogen-bond acceptors (Lipinski definition) is 2. The second-order valence-electron chi connectivity index (χ2n) is 4.76. The second kappa shape index (κ2) is 4.67. The Balaban J connectivity index is 2.86. The molecule has 0 aliphatic heterocycles. The van der Waals surface area contributed by atoms with Crippen molar-refractivity contribution in [3.8, 4) is 5.75 Å².